The molecule has 2 aliphatic rings. The Morgan fingerprint density at radius 3 is 2.52 bits per heavy atom. The maximum Gasteiger partial charge on any atom is 0.230 e. The summed E-state index contributed by atoms with van der Waals surface area (Å²) < 4.78 is 2.29. The summed E-state index contributed by atoms with van der Waals surface area (Å²) in [7, 11) is 0. The van der Waals surface area contributed by atoms with Crippen LogP contribution in [0.1, 0.15) is 72.5 Å². The standard InChI is InChI=1S/C27H31N3O/c1-19(2)21-9-7-20(8-10-21)18-30-16-13-28-26(30)22-11-14-29(15-12-22)27(31)25-17-23-5-3-4-6-24(23)25/h3-10,13,16,19,22,25H,11-12,14-15,17-18H2,1-2H3. The van der Waals surface area contributed by atoms with Crippen LogP contribution < -0.4 is 0 Å². The summed E-state index contributed by atoms with van der Waals surface area (Å²) in [6.45, 7) is 6.97. The van der Waals surface area contributed by atoms with Crippen LogP contribution in [0.25, 0.3) is 0 Å². The molecule has 1 aromatic heterocycles. The number of amides is 1. The van der Waals surface area contributed by atoms with Gasteiger partial charge in [0, 0.05) is 37.9 Å². The second-order valence-corrected chi connectivity index (χ2v) is 9.36. The molecule has 31 heavy (non-hydrogen) atoms. The molecule has 4 heteroatoms. The smallest absolute Gasteiger partial charge is 0.230 e. The molecule has 1 saturated heterocycles. The molecule has 1 aliphatic heterocycles. The van der Waals surface area contributed by atoms with Crippen molar-refractivity contribution in [1.82, 2.24) is 14.5 Å². The number of rotatable bonds is 5. The summed E-state index contributed by atoms with van der Waals surface area (Å²) >= 11 is 0. The summed E-state index contributed by atoms with van der Waals surface area (Å²) in [5, 5.41) is 0. The van der Waals surface area contributed by atoms with E-state index in [1.807, 2.05) is 12.3 Å². The number of aromatic nitrogens is 2. The summed E-state index contributed by atoms with van der Waals surface area (Å²) in [6, 6.07) is 17.3. The van der Waals surface area contributed by atoms with Crippen LogP contribution in [0.2, 0.25) is 0 Å². The Kier molecular flexibility index (Phi) is 5.39. The predicted octanol–water partition coefficient (Wildman–Crippen LogP) is 5.10. The van der Waals surface area contributed by atoms with Gasteiger partial charge in [0.25, 0.3) is 0 Å². The highest BCUT2D eigenvalue weighted by atomic mass is 16.2. The largest absolute Gasteiger partial charge is 0.342 e. The van der Waals surface area contributed by atoms with E-state index in [1.54, 1.807) is 0 Å². The molecule has 4 nitrogen and oxygen atoms in total. The molecular weight excluding hydrogens is 382 g/mol. The van der Waals surface area contributed by atoms with Crippen molar-refractivity contribution in [3.63, 3.8) is 0 Å². The second kappa shape index (κ2) is 8.33. The lowest BCUT2D eigenvalue weighted by Crippen LogP contribution is -2.43. The van der Waals surface area contributed by atoms with E-state index < -0.39 is 0 Å². The van der Waals surface area contributed by atoms with Crippen molar-refractivity contribution in [3.8, 4) is 0 Å². The lowest BCUT2D eigenvalue weighted by atomic mass is 9.76. The summed E-state index contributed by atoms with van der Waals surface area (Å²) in [6.07, 6.45) is 6.89. The first-order valence-corrected chi connectivity index (χ1v) is 11.6. The normalized spacial score (nSPS) is 18.7. The third-order valence-corrected chi connectivity index (χ3v) is 7.07. The van der Waals surface area contributed by atoms with Gasteiger partial charge in [0.2, 0.25) is 5.91 Å². The molecule has 3 aromatic rings. The molecule has 1 fully saturated rings. The van der Waals surface area contributed by atoms with Gasteiger partial charge in [-0.15, -0.1) is 0 Å². The zero-order valence-corrected chi connectivity index (χ0v) is 18.5. The number of nitrogens with zero attached hydrogens (tertiary/aromatic N) is 3. The molecule has 0 radical (unpaired) electrons. The first kappa shape index (κ1) is 20.0. The van der Waals surface area contributed by atoms with E-state index in [4.69, 9.17) is 4.98 Å². The van der Waals surface area contributed by atoms with Crippen LogP contribution in [0.5, 0.6) is 0 Å². The number of likely N-dealkylation sites (tertiary alicyclic amines) is 1. The fourth-order valence-corrected chi connectivity index (χ4v) is 5.08. The van der Waals surface area contributed by atoms with E-state index in [2.05, 4.69) is 72.0 Å². The van der Waals surface area contributed by atoms with Gasteiger partial charge >= 0.3 is 0 Å². The highest BCUT2D eigenvalue weighted by Gasteiger charge is 2.36. The topological polar surface area (TPSA) is 38.1 Å². The van der Waals surface area contributed by atoms with Gasteiger partial charge in [-0.05, 0) is 47.4 Å². The van der Waals surface area contributed by atoms with E-state index in [0.717, 1.165) is 44.7 Å². The molecule has 160 valence electrons. The van der Waals surface area contributed by atoms with Gasteiger partial charge in [0.15, 0.2) is 0 Å². The Bertz CT molecular complexity index is 1060. The van der Waals surface area contributed by atoms with Gasteiger partial charge in [0.1, 0.15) is 5.82 Å². The Hall–Kier alpha value is -2.88. The van der Waals surface area contributed by atoms with Gasteiger partial charge in [-0.3, -0.25) is 4.79 Å². The zero-order chi connectivity index (χ0) is 21.4. The van der Waals surface area contributed by atoms with Crippen molar-refractivity contribution in [1.29, 1.82) is 0 Å². The number of fused-ring (bicyclic) bond motifs is 1. The maximum absolute atomic E-state index is 13.0. The first-order valence-electron chi connectivity index (χ1n) is 11.6. The van der Waals surface area contributed by atoms with Crippen molar-refractivity contribution < 1.29 is 4.79 Å². The second-order valence-electron chi connectivity index (χ2n) is 9.36. The Labute approximate surface area is 184 Å². The summed E-state index contributed by atoms with van der Waals surface area (Å²) in [5.74, 6) is 2.52. The molecule has 1 atom stereocenters. The van der Waals surface area contributed by atoms with Gasteiger partial charge in [-0.25, -0.2) is 4.98 Å². The average Bonchev–Trinajstić information content (AvgIpc) is 3.23. The molecule has 0 spiro atoms. The van der Waals surface area contributed by atoms with Crippen molar-refractivity contribution in [2.45, 2.75) is 57.4 Å². The lowest BCUT2D eigenvalue weighted by molar-refractivity contribution is -0.134. The van der Waals surface area contributed by atoms with E-state index in [-0.39, 0.29) is 5.92 Å². The SMILES string of the molecule is CC(C)c1ccc(Cn2ccnc2C2CCN(C(=O)C3Cc4ccccc43)CC2)cc1. The van der Waals surface area contributed by atoms with Crippen LogP contribution in [-0.2, 0) is 17.8 Å². The number of carbonyl (C=O) groups excluding carboxylic acids is 1. The van der Waals surface area contributed by atoms with E-state index in [1.165, 1.54) is 22.3 Å². The number of hydrogen-bond acceptors (Lipinski definition) is 2. The van der Waals surface area contributed by atoms with Gasteiger partial charge in [-0.2, -0.15) is 0 Å². The summed E-state index contributed by atoms with van der Waals surface area (Å²) in [4.78, 5) is 19.8. The van der Waals surface area contributed by atoms with E-state index in [0.29, 0.717) is 17.7 Å². The minimum Gasteiger partial charge on any atom is -0.342 e. The fraction of sp³-hybridized carbons (Fsp3) is 0.407. The Balaban J connectivity index is 1.21. The highest BCUT2D eigenvalue weighted by Crippen LogP contribution is 2.37. The molecule has 5 rings (SSSR count). The Morgan fingerprint density at radius 2 is 1.81 bits per heavy atom. The zero-order valence-electron chi connectivity index (χ0n) is 18.5. The summed E-state index contributed by atoms with van der Waals surface area (Å²) in [5.41, 5.74) is 5.24. The fourth-order valence-electron chi connectivity index (χ4n) is 5.08. The third kappa shape index (κ3) is 3.91. The van der Waals surface area contributed by atoms with Crippen LogP contribution in [-0.4, -0.2) is 33.4 Å². The Morgan fingerprint density at radius 1 is 1.06 bits per heavy atom. The predicted molar refractivity (Wildman–Crippen MR) is 123 cm³/mol. The van der Waals surface area contributed by atoms with Crippen molar-refractivity contribution in [3.05, 3.63) is 89.0 Å². The van der Waals surface area contributed by atoms with Crippen LogP contribution in [0, 0.1) is 0 Å². The van der Waals surface area contributed by atoms with E-state index in [9.17, 15) is 4.79 Å². The quantitative estimate of drug-likeness (QED) is 0.584. The molecule has 1 aliphatic carbocycles. The average molecular weight is 414 g/mol. The molecular formula is C27H31N3O. The minimum absolute atomic E-state index is 0.0727. The number of imidazole rings is 1. The molecule has 2 aromatic carbocycles. The molecule has 1 amide bonds. The maximum atomic E-state index is 13.0. The number of carbonyl (C=O) groups is 1. The van der Waals surface area contributed by atoms with Crippen molar-refractivity contribution >= 4 is 5.91 Å². The van der Waals surface area contributed by atoms with Crippen LogP contribution in [0.3, 0.4) is 0 Å². The lowest BCUT2D eigenvalue weighted by Gasteiger charge is -2.37. The van der Waals surface area contributed by atoms with Crippen molar-refractivity contribution in [2.24, 2.45) is 0 Å². The van der Waals surface area contributed by atoms with Gasteiger partial charge < -0.3 is 9.47 Å². The molecule has 1 unspecified atom stereocenters. The number of hydrogen-bond donors (Lipinski definition) is 0. The first-order chi connectivity index (χ1) is 15.1. The monoisotopic (exact) mass is 413 g/mol. The van der Waals surface area contributed by atoms with Crippen LogP contribution >= 0.6 is 0 Å². The molecule has 0 N–H and O–H groups in total. The molecule has 0 bridgehead atoms. The molecule has 2 heterocycles. The van der Waals surface area contributed by atoms with Crippen molar-refractivity contribution in [2.75, 3.05) is 13.1 Å². The highest BCUT2D eigenvalue weighted by molar-refractivity contribution is 5.87. The minimum atomic E-state index is 0.0727. The van der Waals surface area contributed by atoms with Crippen LogP contribution in [0.15, 0.2) is 60.9 Å². The van der Waals surface area contributed by atoms with E-state index >= 15 is 0 Å². The third-order valence-electron chi connectivity index (χ3n) is 7.07. The van der Waals surface area contributed by atoms with Gasteiger partial charge in [-0.1, -0.05) is 62.4 Å². The van der Waals surface area contributed by atoms with Gasteiger partial charge in [0.05, 0.1) is 5.92 Å². The van der Waals surface area contributed by atoms with Crippen LogP contribution in [0.4, 0.5) is 0 Å². The number of piperidine rings is 1. The number of benzene rings is 2. The molecule has 0 saturated carbocycles.